The highest BCUT2D eigenvalue weighted by Gasteiger charge is 2.18. The zero-order valence-corrected chi connectivity index (χ0v) is 19.9. The molecule has 0 saturated carbocycles. The third-order valence-electron chi connectivity index (χ3n) is 6.21. The van der Waals surface area contributed by atoms with Crippen molar-refractivity contribution in [3.63, 3.8) is 0 Å². The van der Waals surface area contributed by atoms with Gasteiger partial charge in [0, 0.05) is 29.6 Å². The third kappa shape index (κ3) is 4.07. The molecule has 0 N–H and O–H groups in total. The highest BCUT2D eigenvalue weighted by Crippen LogP contribution is 2.23. The van der Waals surface area contributed by atoms with Crippen LogP contribution in [0.15, 0.2) is 71.3 Å². The Kier molecular flexibility index (Phi) is 6.12. The molecule has 0 aliphatic rings. The van der Waals surface area contributed by atoms with Crippen LogP contribution in [0.2, 0.25) is 0 Å². The van der Waals surface area contributed by atoms with E-state index in [0.29, 0.717) is 17.2 Å². The maximum atomic E-state index is 5.57. The second-order valence-corrected chi connectivity index (χ2v) is 8.48. The Balaban J connectivity index is 1.65. The Hall–Kier alpha value is -3.93. The number of rotatable bonds is 8. The molecule has 0 aliphatic carbocycles. The molecule has 0 amide bonds. The summed E-state index contributed by atoms with van der Waals surface area (Å²) in [6.45, 7) is 8.69. The second kappa shape index (κ2) is 9.51. The average Bonchev–Trinajstić information content (AvgIpc) is 3.60. The lowest BCUT2D eigenvalue weighted by Crippen LogP contribution is -2.23. The van der Waals surface area contributed by atoms with Gasteiger partial charge in [-0.15, -0.1) is 10.2 Å². The summed E-state index contributed by atoms with van der Waals surface area (Å²) in [5.74, 6) is 1.24. The fourth-order valence-corrected chi connectivity index (χ4v) is 4.30. The van der Waals surface area contributed by atoms with Crippen molar-refractivity contribution in [2.24, 2.45) is 0 Å². The van der Waals surface area contributed by atoms with E-state index in [0.717, 1.165) is 35.1 Å². The lowest BCUT2D eigenvalue weighted by Gasteiger charge is -2.23. The number of aryl methyl sites for hydroxylation is 1. The van der Waals surface area contributed by atoms with Crippen molar-refractivity contribution in [3.8, 4) is 22.8 Å². The molecule has 0 saturated heterocycles. The zero-order valence-electron chi connectivity index (χ0n) is 19.9. The van der Waals surface area contributed by atoms with Gasteiger partial charge in [-0.1, -0.05) is 49.7 Å². The molecule has 2 aromatic carbocycles. The number of hydrogen-bond donors (Lipinski definition) is 0. The van der Waals surface area contributed by atoms with Crippen LogP contribution in [-0.2, 0) is 0 Å². The molecule has 6 heteroatoms. The quantitative estimate of drug-likeness (QED) is 0.310. The fourth-order valence-electron chi connectivity index (χ4n) is 4.30. The molecule has 0 aliphatic heterocycles. The molecule has 34 heavy (non-hydrogen) atoms. The van der Waals surface area contributed by atoms with Gasteiger partial charge in [0.25, 0.3) is 0 Å². The highest BCUT2D eigenvalue weighted by atomic mass is 16.3. The van der Waals surface area contributed by atoms with Gasteiger partial charge in [-0.3, -0.25) is 0 Å². The Morgan fingerprint density at radius 1 is 1.00 bits per heavy atom. The summed E-state index contributed by atoms with van der Waals surface area (Å²) in [4.78, 5) is 2.44. The first-order chi connectivity index (χ1) is 16.7. The van der Waals surface area contributed by atoms with E-state index in [9.17, 15) is 0 Å². The summed E-state index contributed by atoms with van der Waals surface area (Å²) in [6, 6.07) is 20.6. The number of furan rings is 1. The minimum absolute atomic E-state index is 0.596. The molecule has 0 radical (unpaired) electrons. The molecule has 172 valence electrons. The minimum atomic E-state index is 0.596. The van der Waals surface area contributed by atoms with E-state index in [2.05, 4.69) is 72.3 Å². The van der Waals surface area contributed by atoms with Gasteiger partial charge in [-0.25, -0.2) is 0 Å². The van der Waals surface area contributed by atoms with E-state index in [1.165, 1.54) is 24.1 Å². The molecule has 0 bridgehead atoms. The van der Waals surface area contributed by atoms with Crippen molar-refractivity contribution in [1.82, 2.24) is 19.8 Å². The van der Waals surface area contributed by atoms with E-state index in [1.807, 2.05) is 30.3 Å². The van der Waals surface area contributed by atoms with Crippen molar-refractivity contribution in [1.29, 1.82) is 0 Å². The molecule has 3 heterocycles. The molecule has 0 spiro atoms. The number of nitrogens with zero attached hydrogens (tertiary/aromatic N) is 5. The van der Waals surface area contributed by atoms with Crippen LogP contribution >= 0.6 is 0 Å². The van der Waals surface area contributed by atoms with E-state index in [1.54, 1.807) is 10.8 Å². The van der Waals surface area contributed by atoms with E-state index >= 15 is 0 Å². The van der Waals surface area contributed by atoms with E-state index in [4.69, 9.17) is 9.52 Å². The standard InChI is InChI=1S/C28H29N5O/c1-4-6-16-32(5-2)23-15-14-22(20(3)18-23)19-24-26(21-11-8-7-9-12-21)31-33-27(24)29-30-28(33)25-13-10-17-34-25/h7-15,17-19H,4-6,16H2,1-3H3/b24-19-. The van der Waals surface area contributed by atoms with E-state index < -0.39 is 0 Å². The number of unbranched alkanes of at least 4 members (excludes halogenated alkanes) is 1. The van der Waals surface area contributed by atoms with Gasteiger partial charge >= 0.3 is 0 Å². The summed E-state index contributed by atoms with van der Waals surface area (Å²) in [6.07, 6.45) is 6.20. The summed E-state index contributed by atoms with van der Waals surface area (Å²) < 4.78 is 7.35. The number of fused-ring (bicyclic) bond motifs is 1. The first-order valence-electron chi connectivity index (χ1n) is 11.9. The number of benzene rings is 2. The van der Waals surface area contributed by atoms with Gasteiger partial charge in [0.05, 0.1) is 6.26 Å². The van der Waals surface area contributed by atoms with Crippen LogP contribution in [0.3, 0.4) is 0 Å². The third-order valence-corrected chi connectivity index (χ3v) is 6.21. The van der Waals surface area contributed by atoms with Crippen LogP contribution in [-0.4, -0.2) is 32.9 Å². The second-order valence-electron chi connectivity index (χ2n) is 8.48. The van der Waals surface area contributed by atoms with Gasteiger partial charge in [0.15, 0.2) is 11.4 Å². The van der Waals surface area contributed by atoms with Crippen molar-refractivity contribution in [2.75, 3.05) is 18.0 Å². The van der Waals surface area contributed by atoms with Crippen LogP contribution in [0.5, 0.6) is 0 Å². The van der Waals surface area contributed by atoms with Gasteiger partial charge in [-0.05, 0) is 61.7 Å². The highest BCUT2D eigenvalue weighted by molar-refractivity contribution is 5.73. The Morgan fingerprint density at radius 2 is 1.85 bits per heavy atom. The molecular weight excluding hydrogens is 422 g/mol. The Labute approximate surface area is 199 Å². The van der Waals surface area contributed by atoms with Gasteiger partial charge in [0.2, 0.25) is 5.82 Å². The van der Waals surface area contributed by atoms with Crippen LogP contribution in [0.25, 0.3) is 34.6 Å². The molecule has 0 fully saturated rings. The lowest BCUT2D eigenvalue weighted by molar-refractivity contribution is 0.575. The predicted octanol–water partition coefficient (Wildman–Crippen LogP) is 5.53. The molecule has 0 unspecified atom stereocenters. The van der Waals surface area contributed by atoms with Gasteiger partial charge < -0.3 is 9.32 Å². The predicted molar refractivity (Wildman–Crippen MR) is 137 cm³/mol. The van der Waals surface area contributed by atoms with Crippen molar-refractivity contribution in [2.45, 2.75) is 33.6 Å². The average molecular weight is 452 g/mol. The first-order valence-corrected chi connectivity index (χ1v) is 11.9. The topological polar surface area (TPSA) is 59.5 Å². The molecule has 5 rings (SSSR count). The van der Waals surface area contributed by atoms with E-state index in [-0.39, 0.29) is 0 Å². The number of hydrogen-bond acceptors (Lipinski definition) is 5. The maximum absolute atomic E-state index is 5.57. The normalized spacial score (nSPS) is 12.0. The molecule has 0 atom stereocenters. The SMILES string of the molecule is CCCCN(CC)c1ccc(/C=c2/c(-c3ccccc3)nn3c(-c4ccco4)nnc23)c(C)c1. The summed E-state index contributed by atoms with van der Waals surface area (Å²) >= 11 is 0. The Bertz CT molecular complexity index is 1440. The van der Waals surface area contributed by atoms with Gasteiger partial charge in [0.1, 0.15) is 5.69 Å². The van der Waals surface area contributed by atoms with Crippen molar-refractivity contribution in [3.05, 3.63) is 83.3 Å². The summed E-state index contributed by atoms with van der Waals surface area (Å²) in [5.41, 5.74) is 6.26. The Morgan fingerprint density at radius 3 is 2.56 bits per heavy atom. The first kappa shape index (κ1) is 21.9. The van der Waals surface area contributed by atoms with Crippen molar-refractivity contribution < 1.29 is 4.42 Å². The van der Waals surface area contributed by atoms with Crippen LogP contribution in [0.4, 0.5) is 5.69 Å². The molecule has 5 aromatic rings. The summed E-state index contributed by atoms with van der Waals surface area (Å²) in [7, 11) is 0. The molecule has 6 nitrogen and oxygen atoms in total. The van der Waals surface area contributed by atoms with Crippen LogP contribution < -0.4 is 10.1 Å². The largest absolute Gasteiger partial charge is 0.461 e. The lowest BCUT2D eigenvalue weighted by atomic mass is 10.0. The zero-order chi connectivity index (χ0) is 23.5. The minimum Gasteiger partial charge on any atom is -0.461 e. The van der Waals surface area contributed by atoms with Crippen molar-refractivity contribution >= 4 is 17.4 Å². The summed E-state index contributed by atoms with van der Waals surface area (Å²) in [5, 5.41) is 14.7. The maximum Gasteiger partial charge on any atom is 0.220 e. The fraction of sp³-hybridized carbons (Fsp3) is 0.250. The smallest absolute Gasteiger partial charge is 0.220 e. The molecular formula is C28H29N5O. The van der Waals surface area contributed by atoms with Crippen LogP contribution in [0.1, 0.15) is 37.8 Å². The number of aromatic nitrogens is 4. The molecule has 3 aromatic heterocycles. The number of anilines is 1. The van der Waals surface area contributed by atoms with Gasteiger partial charge in [-0.2, -0.15) is 9.61 Å². The monoisotopic (exact) mass is 451 g/mol. The van der Waals surface area contributed by atoms with Crippen LogP contribution in [0, 0.1) is 6.92 Å².